The summed E-state index contributed by atoms with van der Waals surface area (Å²) >= 11 is 0. The van der Waals surface area contributed by atoms with Gasteiger partial charge in [-0.3, -0.25) is 0 Å². The number of nitrogens with zero attached hydrogens (tertiary/aromatic N) is 3. The van der Waals surface area contributed by atoms with Crippen molar-refractivity contribution < 1.29 is 13.2 Å². The first-order valence-corrected chi connectivity index (χ1v) is 6.12. The summed E-state index contributed by atoms with van der Waals surface area (Å²) in [5.74, 6) is 2.85. The van der Waals surface area contributed by atoms with Crippen LogP contribution in [-0.4, -0.2) is 18.1 Å². The molecule has 1 saturated carbocycles. The molecule has 0 saturated heterocycles. The Bertz CT molecular complexity index is 577. The average molecular weight is 279 g/mol. The van der Waals surface area contributed by atoms with Crippen molar-refractivity contribution in [3.05, 3.63) is 23.4 Å². The summed E-state index contributed by atoms with van der Waals surface area (Å²) in [6.45, 7) is 0.673. The zero-order chi connectivity index (χ0) is 14.8. The third-order valence-electron chi connectivity index (χ3n) is 3.04. The fourth-order valence-corrected chi connectivity index (χ4v) is 1.88. The Hall–Kier alpha value is -2.21. The fraction of sp³-hybridized carbons (Fsp3) is 0.429. The molecule has 1 fully saturated rings. The highest BCUT2D eigenvalue weighted by molar-refractivity contribution is 5.55. The minimum atomic E-state index is -4.54. The molecule has 104 valence electrons. The average Bonchev–Trinajstić information content (AvgIpc) is 3.20. The maximum atomic E-state index is 12.7. The highest BCUT2D eigenvalue weighted by Crippen LogP contribution is 2.33. The Balaban J connectivity index is 2.39. The summed E-state index contributed by atoms with van der Waals surface area (Å²) in [4.78, 5) is 5.17. The summed E-state index contributed by atoms with van der Waals surface area (Å²) in [6, 6.07) is 3.82. The number of terminal acetylenes is 1. The molecule has 2 rings (SSSR count). The predicted molar refractivity (Wildman–Crippen MR) is 67.7 cm³/mol. The van der Waals surface area contributed by atoms with E-state index in [0.717, 1.165) is 25.0 Å². The number of hydrogen-bond donors (Lipinski definition) is 0. The maximum absolute atomic E-state index is 12.7. The van der Waals surface area contributed by atoms with Crippen molar-refractivity contribution in [3.63, 3.8) is 0 Å². The SMILES string of the molecule is C#CCN(CC1CC1)c1nc(C(F)(F)F)ccc1C#N. The lowest BCUT2D eigenvalue weighted by atomic mass is 10.2. The number of pyridine rings is 1. The number of halogens is 3. The van der Waals surface area contributed by atoms with Gasteiger partial charge in [0.15, 0.2) is 0 Å². The molecule has 0 N–H and O–H groups in total. The van der Waals surface area contributed by atoms with Crippen LogP contribution in [0, 0.1) is 29.6 Å². The number of alkyl halides is 3. The third kappa shape index (κ3) is 3.21. The molecule has 0 aromatic carbocycles. The van der Waals surface area contributed by atoms with Crippen LogP contribution < -0.4 is 4.90 Å². The Kier molecular flexibility index (Phi) is 3.85. The van der Waals surface area contributed by atoms with Gasteiger partial charge in [0.05, 0.1) is 12.1 Å². The molecule has 0 unspecified atom stereocenters. The van der Waals surface area contributed by atoms with Gasteiger partial charge in [0.1, 0.15) is 17.6 Å². The summed E-state index contributed by atoms with van der Waals surface area (Å²) < 4.78 is 38.2. The van der Waals surface area contributed by atoms with E-state index in [2.05, 4.69) is 10.9 Å². The van der Waals surface area contributed by atoms with Crippen molar-refractivity contribution in [1.82, 2.24) is 4.98 Å². The summed E-state index contributed by atoms with van der Waals surface area (Å²) in [5, 5.41) is 9.03. The summed E-state index contributed by atoms with van der Waals surface area (Å²) in [6.07, 6.45) is 2.78. The van der Waals surface area contributed by atoms with E-state index in [-0.39, 0.29) is 17.9 Å². The van der Waals surface area contributed by atoms with Crippen LogP contribution in [0.4, 0.5) is 19.0 Å². The highest BCUT2D eigenvalue weighted by atomic mass is 19.4. The van der Waals surface area contributed by atoms with Gasteiger partial charge >= 0.3 is 6.18 Å². The minimum Gasteiger partial charge on any atom is -0.344 e. The van der Waals surface area contributed by atoms with E-state index in [0.29, 0.717) is 12.5 Å². The van der Waals surface area contributed by atoms with Crippen molar-refractivity contribution in [3.8, 4) is 18.4 Å². The van der Waals surface area contributed by atoms with Crippen LogP contribution in [0.25, 0.3) is 0 Å². The second-order valence-electron chi connectivity index (χ2n) is 4.71. The Labute approximate surface area is 115 Å². The lowest BCUT2D eigenvalue weighted by Gasteiger charge is -2.23. The van der Waals surface area contributed by atoms with Gasteiger partial charge in [-0.15, -0.1) is 6.42 Å². The van der Waals surface area contributed by atoms with E-state index in [1.165, 1.54) is 0 Å². The normalized spacial score (nSPS) is 14.4. The molecular formula is C14H12F3N3. The van der Waals surface area contributed by atoms with Crippen molar-refractivity contribution in [2.45, 2.75) is 19.0 Å². The number of hydrogen-bond acceptors (Lipinski definition) is 3. The molecule has 3 nitrogen and oxygen atoms in total. The van der Waals surface area contributed by atoms with E-state index in [1.54, 1.807) is 4.90 Å². The Morgan fingerprint density at radius 1 is 1.40 bits per heavy atom. The molecule has 0 aliphatic heterocycles. The van der Waals surface area contributed by atoms with Gasteiger partial charge < -0.3 is 4.90 Å². The van der Waals surface area contributed by atoms with Gasteiger partial charge in [0, 0.05) is 6.54 Å². The van der Waals surface area contributed by atoms with Crippen molar-refractivity contribution in [2.75, 3.05) is 18.0 Å². The molecule has 6 heteroatoms. The number of nitriles is 1. The monoisotopic (exact) mass is 279 g/mol. The first-order valence-electron chi connectivity index (χ1n) is 6.12. The Morgan fingerprint density at radius 3 is 2.60 bits per heavy atom. The quantitative estimate of drug-likeness (QED) is 0.796. The van der Waals surface area contributed by atoms with E-state index in [9.17, 15) is 13.2 Å². The van der Waals surface area contributed by atoms with E-state index in [1.807, 2.05) is 6.07 Å². The molecule has 1 aliphatic rings. The van der Waals surface area contributed by atoms with Crippen LogP contribution >= 0.6 is 0 Å². The molecule has 20 heavy (non-hydrogen) atoms. The van der Waals surface area contributed by atoms with Gasteiger partial charge in [-0.05, 0) is 30.9 Å². The van der Waals surface area contributed by atoms with Gasteiger partial charge in [-0.1, -0.05) is 5.92 Å². The van der Waals surface area contributed by atoms with Crippen LogP contribution in [0.3, 0.4) is 0 Å². The van der Waals surface area contributed by atoms with Gasteiger partial charge in [-0.25, -0.2) is 4.98 Å². The van der Waals surface area contributed by atoms with E-state index >= 15 is 0 Å². The molecule has 0 amide bonds. The maximum Gasteiger partial charge on any atom is 0.433 e. The zero-order valence-corrected chi connectivity index (χ0v) is 10.6. The number of anilines is 1. The first-order chi connectivity index (χ1) is 9.45. The topological polar surface area (TPSA) is 39.9 Å². The van der Waals surface area contributed by atoms with E-state index in [4.69, 9.17) is 11.7 Å². The fourth-order valence-electron chi connectivity index (χ4n) is 1.88. The van der Waals surface area contributed by atoms with Crippen molar-refractivity contribution in [1.29, 1.82) is 5.26 Å². The molecule has 1 heterocycles. The Morgan fingerprint density at radius 2 is 2.10 bits per heavy atom. The standard InChI is InChI=1S/C14H12F3N3/c1-2-7-20(9-10-3-4-10)13-11(8-18)5-6-12(19-13)14(15,16)17/h1,5-6,10H,3-4,7,9H2. The summed E-state index contributed by atoms with van der Waals surface area (Å²) in [5.41, 5.74) is -0.904. The zero-order valence-electron chi connectivity index (χ0n) is 10.6. The first kappa shape index (κ1) is 14.2. The molecule has 0 spiro atoms. The van der Waals surface area contributed by atoms with Gasteiger partial charge in [0.2, 0.25) is 0 Å². The van der Waals surface area contributed by atoms with Crippen LogP contribution in [0.1, 0.15) is 24.1 Å². The van der Waals surface area contributed by atoms with Crippen molar-refractivity contribution in [2.24, 2.45) is 5.92 Å². The van der Waals surface area contributed by atoms with Crippen LogP contribution in [0.5, 0.6) is 0 Å². The van der Waals surface area contributed by atoms with Crippen LogP contribution in [0.15, 0.2) is 12.1 Å². The molecule has 0 radical (unpaired) electrons. The van der Waals surface area contributed by atoms with Crippen LogP contribution in [0.2, 0.25) is 0 Å². The van der Waals surface area contributed by atoms with E-state index < -0.39 is 11.9 Å². The predicted octanol–water partition coefficient (Wildman–Crippen LogP) is 2.82. The smallest absolute Gasteiger partial charge is 0.344 e. The minimum absolute atomic E-state index is 0.0205. The number of rotatable bonds is 4. The van der Waals surface area contributed by atoms with Crippen LogP contribution in [-0.2, 0) is 6.18 Å². The molecule has 1 aromatic heterocycles. The highest BCUT2D eigenvalue weighted by Gasteiger charge is 2.34. The second-order valence-corrected chi connectivity index (χ2v) is 4.71. The second kappa shape index (κ2) is 5.42. The molecule has 0 atom stereocenters. The number of aromatic nitrogens is 1. The third-order valence-corrected chi connectivity index (χ3v) is 3.04. The largest absolute Gasteiger partial charge is 0.433 e. The molecular weight excluding hydrogens is 267 g/mol. The molecule has 1 aliphatic carbocycles. The lowest BCUT2D eigenvalue weighted by molar-refractivity contribution is -0.141. The summed E-state index contributed by atoms with van der Waals surface area (Å²) in [7, 11) is 0. The van der Waals surface area contributed by atoms with Gasteiger partial charge in [-0.2, -0.15) is 18.4 Å². The lowest BCUT2D eigenvalue weighted by Crippen LogP contribution is -2.28. The molecule has 0 bridgehead atoms. The van der Waals surface area contributed by atoms with Gasteiger partial charge in [0.25, 0.3) is 0 Å². The molecule has 1 aromatic rings. The van der Waals surface area contributed by atoms with Crippen molar-refractivity contribution >= 4 is 5.82 Å².